The van der Waals surface area contributed by atoms with Crippen LogP contribution < -0.4 is 0 Å². The molecule has 2 aliphatic rings. The molecule has 21 heavy (non-hydrogen) atoms. The summed E-state index contributed by atoms with van der Waals surface area (Å²) in [6.45, 7) is 0. The minimum absolute atomic E-state index is 0.0512. The van der Waals surface area contributed by atoms with Crippen molar-refractivity contribution in [2.24, 2.45) is 11.1 Å². The summed E-state index contributed by atoms with van der Waals surface area (Å²) >= 11 is 12.1. The summed E-state index contributed by atoms with van der Waals surface area (Å²) in [5, 5.41) is 24.5. The molecule has 0 radical (unpaired) electrons. The number of hydrogen-bond acceptors (Lipinski definition) is 3. The van der Waals surface area contributed by atoms with Crippen molar-refractivity contribution in [1.82, 2.24) is 0 Å². The number of rotatable bonds is 3. The third-order valence-corrected chi connectivity index (χ3v) is 5.93. The van der Waals surface area contributed by atoms with Gasteiger partial charge in [-0.25, -0.2) is 0 Å². The van der Waals surface area contributed by atoms with Crippen LogP contribution in [0.2, 0.25) is 10.0 Å². The molecule has 2 saturated carbocycles. The van der Waals surface area contributed by atoms with E-state index >= 15 is 0 Å². The van der Waals surface area contributed by atoms with Crippen LogP contribution in [0.3, 0.4) is 0 Å². The lowest BCUT2D eigenvalue weighted by Crippen LogP contribution is -2.50. The lowest BCUT2D eigenvalue weighted by atomic mass is 9.58. The van der Waals surface area contributed by atoms with Crippen LogP contribution in [0.4, 0.5) is 0 Å². The Balaban J connectivity index is 1.94. The van der Waals surface area contributed by atoms with E-state index < -0.39 is 6.10 Å². The second kappa shape index (κ2) is 5.79. The van der Waals surface area contributed by atoms with Crippen molar-refractivity contribution >= 4 is 28.9 Å². The highest BCUT2D eigenvalue weighted by atomic mass is 35.5. The molecule has 3 rings (SSSR count). The van der Waals surface area contributed by atoms with Crippen LogP contribution in [0.5, 0.6) is 0 Å². The molecule has 2 aliphatic carbocycles. The van der Waals surface area contributed by atoms with E-state index in [4.69, 9.17) is 28.4 Å². The van der Waals surface area contributed by atoms with Gasteiger partial charge >= 0.3 is 0 Å². The van der Waals surface area contributed by atoms with Crippen LogP contribution in [-0.4, -0.2) is 22.1 Å². The van der Waals surface area contributed by atoms with Crippen LogP contribution in [0, 0.1) is 5.92 Å². The van der Waals surface area contributed by atoms with Gasteiger partial charge in [-0.2, -0.15) is 0 Å². The molecule has 2 fully saturated rings. The molecule has 0 unspecified atom stereocenters. The largest absolute Gasteiger partial charge is 0.411 e. The van der Waals surface area contributed by atoms with Gasteiger partial charge in [0.25, 0.3) is 0 Å². The SMILES string of the molecule is ON=C1CCC[C@@H]1[C@H](O)C1(c2ccc(Cl)c(Cl)c2)CCC1. The predicted octanol–water partition coefficient (Wildman–Crippen LogP) is 4.41. The highest BCUT2D eigenvalue weighted by molar-refractivity contribution is 6.42. The maximum Gasteiger partial charge on any atom is 0.0718 e. The van der Waals surface area contributed by atoms with E-state index in [9.17, 15) is 5.11 Å². The fourth-order valence-corrected chi connectivity index (χ4v) is 4.12. The number of oxime groups is 1. The van der Waals surface area contributed by atoms with Crippen molar-refractivity contribution in [2.75, 3.05) is 0 Å². The molecule has 0 amide bonds. The molecular weight excluding hydrogens is 309 g/mol. The van der Waals surface area contributed by atoms with Crippen LogP contribution in [0.15, 0.2) is 23.4 Å². The maximum absolute atomic E-state index is 11.0. The molecule has 1 aromatic rings. The molecule has 0 aliphatic heterocycles. The molecule has 5 heteroatoms. The van der Waals surface area contributed by atoms with E-state index in [0.717, 1.165) is 49.8 Å². The summed E-state index contributed by atoms with van der Waals surface area (Å²) in [5.41, 5.74) is 1.49. The Hall–Kier alpha value is -0.770. The van der Waals surface area contributed by atoms with E-state index in [0.29, 0.717) is 10.0 Å². The normalized spacial score (nSPS) is 27.6. The predicted molar refractivity (Wildman–Crippen MR) is 84.6 cm³/mol. The number of benzene rings is 1. The summed E-state index contributed by atoms with van der Waals surface area (Å²) in [5.74, 6) is -0.0512. The number of aliphatic hydroxyl groups is 1. The minimum atomic E-state index is -0.531. The molecular formula is C16H19Cl2NO2. The number of nitrogens with zero attached hydrogens (tertiary/aromatic N) is 1. The molecule has 3 nitrogen and oxygen atoms in total. The first-order chi connectivity index (χ1) is 10.1. The van der Waals surface area contributed by atoms with Gasteiger partial charge in [-0.3, -0.25) is 0 Å². The van der Waals surface area contributed by atoms with Gasteiger partial charge < -0.3 is 10.3 Å². The van der Waals surface area contributed by atoms with Crippen molar-refractivity contribution in [1.29, 1.82) is 0 Å². The Morgan fingerprint density at radius 3 is 2.52 bits per heavy atom. The third kappa shape index (κ3) is 2.45. The van der Waals surface area contributed by atoms with Gasteiger partial charge in [0, 0.05) is 11.3 Å². The number of aliphatic hydroxyl groups excluding tert-OH is 1. The Morgan fingerprint density at radius 1 is 1.19 bits per heavy atom. The van der Waals surface area contributed by atoms with Gasteiger partial charge in [0.2, 0.25) is 0 Å². The monoisotopic (exact) mass is 327 g/mol. The molecule has 1 aromatic carbocycles. The molecule has 0 heterocycles. The quantitative estimate of drug-likeness (QED) is 0.638. The van der Waals surface area contributed by atoms with Crippen molar-refractivity contribution in [3.63, 3.8) is 0 Å². The lowest BCUT2D eigenvalue weighted by molar-refractivity contribution is 0.00422. The second-order valence-corrected chi connectivity index (χ2v) is 6.99. The summed E-state index contributed by atoms with van der Waals surface area (Å²) < 4.78 is 0. The lowest BCUT2D eigenvalue weighted by Gasteiger charge is -2.48. The van der Waals surface area contributed by atoms with Gasteiger partial charge in [0.05, 0.1) is 21.9 Å². The molecule has 0 spiro atoms. The van der Waals surface area contributed by atoms with Gasteiger partial charge in [-0.1, -0.05) is 40.8 Å². The van der Waals surface area contributed by atoms with Crippen LogP contribution in [0.1, 0.15) is 44.1 Å². The highest BCUT2D eigenvalue weighted by Gasteiger charge is 2.49. The summed E-state index contributed by atoms with van der Waals surface area (Å²) in [6, 6.07) is 5.62. The fourth-order valence-electron chi connectivity index (χ4n) is 3.82. The van der Waals surface area contributed by atoms with Crippen molar-refractivity contribution < 1.29 is 10.3 Å². The van der Waals surface area contributed by atoms with Crippen LogP contribution in [-0.2, 0) is 5.41 Å². The van der Waals surface area contributed by atoms with Gasteiger partial charge in [-0.05, 0) is 49.8 Å². The Kier molecular flexibility index (Phi) is 4.17. The zero-order chi connectivity index (χ0) is 15.0. The number of hydrogen-bond donors (Lipinski definition) is 2. The van der Waals surface area contributed by atoms with Gasteiger partial charge in [0.15, 0.2) is 0 Å². The molecule has 2 N–H and O–H groups in total. The highest BCUT2D eigenvalue weighted by Crippen LogP contribution is 2.51. The molecule has 114 valence electrons. The summed E-state index contributed by atoms with van der Waals surface area (Å²) in [6.07, 6.45) is 5.05. The topological polar surface area (TPSA) is 52.8 Å². The van der Waals surface area contributed by atoms with E-state index in [1.54, 1.807) is 6.07 Å². The van der Waals surface area contributed by atoms with Crippen molar-refractivity contribution in [3.8, 4) is 0 Å². The molecule has 0 saturated heterocycles. The minimum Gasteiger partial charge on any atom is -0.411 e. The first-order valence-corrected chi connectivity index (χ1v) is 8.18. The fraction of sp³-hybridized carbons (Fsp3) is 0.562. The first kappa shape index (κ1) is 15.1. The third-order valence-electron chi connectivity index (χ3n) is 5.19. The Bertz CT molecular complexity index is 569. The second-order valence-electron chi connectivity index (χ2n) is 6.17. The first-order valence-electron chi connectivity index (χ1n) is 7.43. The number of halogens is 2. The van der Waals surface area contributed by atoms with Gasteiger partial charge in [-0.15, -0.1) is 0 Å². The summed E-state index contributed by atoms with van der Waals surface area (Å²) in [4.78, 5) is 0. The van der Waals surface area contributed by atoms with Crippen LogP contribution in [0.25, 0.3) is 0 Å². The van der Waals surface area contributed by atoms with Gasteiger partial charge in [0.1, 0.15) is 0 Å². The molecule has 0 aromatic heterocycles. The van der Waals surface area contributed by atoms with E-state index in [1.807, 2.05) is 12.1 Å². The summed E-state index contributed by atoms with van der Waals surface area (Å²) in [7, 11) is 0. The van der Waals surface area contributed by atoms with Crippen molar-refractivity contribution in [3.05, 3.63) is 33.8 Å². The maximum atomic E-state index is 11.0. The molecule has 0 bridgehead atoms. The van der Waals surface area contributed by atoms with E-state index in [2.05, 4.69) is 5.16 Å². The van der Waals surface area contributed by atoms with E-state index in [1.165, 1.54) is 0 Å². The molecule has 2 atom stereocenters. The zero-order valence-corrected chi connectivity index (χ0v) is 13.2. The Morgan fingerprint density at radius 2 is 1.95 bits per heavy atom. The van der Waals surface area contributed by atoms with Crippen LogP contribution >= 0.6 is 23.2 Å². The average Bonchev–Trinajstić information content (AvgIpc) is 2.89. The van der Waals surface area contributed by atoms with E-state index in [-0.39, 0.29) is 11.3 Å². The standard InChI is InChI=1S/C16H19Cl2NO2/c17-12-6-5-10(9-13(12)18)16(7-2-8-16)15(20)11-3-1-4-14(11)19-21/h5-6,9,11,15,20-21H,1-4,7-8H2/t11-,15-/m0/s1. The Labute approximate surface area is 134 Å². The smallest absolute Gasteiger partial charge is 0.0718 e. The average molecular weight is 328 g/mol. The van der Waals surface area contributed by atoms with Crippen molar-refractivity contribution in [2.45, 2.75) is 50.0 Å². The zero-order valence-electron chi connectivity index (χ0n) is 11.7.